The van der Waals surface area contributed by atoms with E-state index < -0.39 is 10.8 Å². The maximum Gasteiger partial charge on any atom is 0.132 e. The van der Waals surface area contributed by atoms with Gasteiger partial charge in [-0.1, -0.05) is 182 Å². The average molecular weight is 814 g/mol. The molecule has 10 aromatic rings. The van der Waals surface area contributed by atoms with Gasteiger partial charge < -0.3 is 9.64 Å². The van der Waals surface area contributed by atoms with Crippen molar-refractivity contribution in [1.29, 1.82) is 0 Å². The van der Waals surface area contributed by atoms with Gasteiger partial charge in [0.2, 0.25) is 0 Å². The lowest BCUT2D eigenvalue weighted by Gasteiger charge is -2.40. The minimum absolute atomic E-state index is 0.451. The van der Waals surface area contributed by atoms with E-state index >= 15 is 0 Å². The van der Waals surface area contributed by atoms with Crippen LogP contribution >= 0.6 is 0 Å². The Hall–Kier alpha value is -8.20. The molecule has 64 heavy (non-hydrogen) atoms. The normalized spacial score (nSPS) is 15.8. The van der Waals surface area contributed by atoms with Crippen molar-refractivity contribution < 1.29 is 4.74 Å². The highest BCUT2D eigenvalue weighted by Crippen LogP contribution is 2.65. The van der Waals surface area contributed by atoms with E-state index in [-0.39, 0.29) is 0 Å². The molecule has 0 radical (unpaired) electrons. The van der Waals surface area contributed by atoms with E-state index in [0.717, 1.165) is 45.3 Å². The van der Waals surface area contributed by atoms with Gasteiger partial charge in [0.25, 0.3) is 0 Å². The third-order valence-corrected chi connectivity index (χ3v) is 14.5. The molecule has 0 amide bonds. The van der Waals surface area contributed by atoms with E-state index in [4.69, 9.17) is 4.74 Å². The lowest BCUT2D eigenvalue weighted by Crippen LogP contribution is -2.32. The first kappa shape index (κ1) is 35.4. The topological polar surface area (TPSA) is 12.5 Å². The van der Waals surface area contributed by atoms with Gasteiger partial charge in [0, 0.05) is 28.2 Å². The zero-order chi connectivity index (χ0) is 42.0. The molecule has 3 aliphatic carbocycles. The molecule has 298 valence electrons. The maximum absolute atomic E-state index is 6.86. The van der Waals surface area contributed by atoms with Crippen LogP contribution in [-0.2, 0) is 10.8 Å². The molecule has 2 nitrogen and oxygen atoms in total. The highest BCUT2D eigenvalue weighted by atomic mass is 16.5. The van der Waals surface area contributed by atoms with Crippen LogP contribution < -0.4 is 9.64 Å². The Balaban J connectivity index is 1.03. The van der Waals surface area contributed by atoms with Crippen LogP contribution in [0, 0.1) is 0 Å². The van der Waals surface area contributed by atoms with Gasteiger partial charge >= 0.3 is 0 Å². The van der Waals surface area contributed by atoms with Gasteiger partial charge in [0.1, 0.15) is 11.5 Å². The molecule has 0 aromatic heterocycles. The number of nitrogens with zero attached hydrogens (tertiary/aromatic N) is 1. The van der Waals surface area contributed by atoms with Crippen molar-refractivity contribution >= 4 is 17.1 Å². The van der Waals surface area contributed by atoms with E-state index in [0.29, 0.717) is 0 Å². The van der Waals surface area contributed by atoms with Crippen LogP contribution in [-0.4, -0.2) is 0 Å². The molecule has 1 unspecified atom stereocenters. The van der Waals surface area contributed by atoms with E-state index in [1.807, 2.05) is 0 Å². The van der Waals surface area contributed by atoms with E-state index in [9.17, 15) is 0 Å². The second-order valence-corrected chi connectivity index (χ2v) is 17.5. The summed E-state index contributed by atoms with van der Waals surface area (Å²) < 4.78 is 6.86. The molecule has 0 fully saturated rings. The minimum Gasteiger partial charge on any atom is -0.457 e. The smallest absolute Gasteiger partial charge is 0.132 e. The molecule has 2 spiro atoms. The fourth-order valence-electron chi connectivity index (χ4n) is 12.1. The Labute approximate surface area is 373 Å². The molecule has 0 saturated carbocycles. The number of rotatable bonds is 4. The molecule has 0 N–H and O–H groups in total. The van der Waals surface area contributed by atoms with Gasteiger partial charge in [-0.05, 0) is 132 Å². The summed E-state index contributed by atoms with van der Waals surface area (Å²) in [6.07, 6.45) is 0. The van der Waals surface area contributed by atoms with Crippen LogP contribution in [0.5, 0.6) is 11.5 Å². The van der Waals surface area contributed by atoms with Gasteiger partial charge in [0.15, 0.2) is 0 Å². The highest BCUT2D eigenvalue weighted by molar-refractivity contribution is 5.97. The predicted molar refractivity (Wildman–Crippen MR) is 260 cm³/mol. The van der Waals surface area contributed by atoms with Gasteiger partial charge in [-0.3, -0.25) is 0 Å². The average Bonchev–Trinajstić information content (AvgIpc) is 3.95. The SMILES string of the molecule is c1ccc(-c2ccc3c(c2)C2(c4ccccc4O3)c3ccccc3-c3ccc(N(c4ccccc4)c4ccc5c(c4)C4(c6ccccc6-c6ccccc64)c4ccccc4-5)cc32)cc1. The highest BCUT2D eigenvalue weighted by Gasteiger charge is 2.53. The summed E-state index contributed by atoms with van der Waals surface area (Å²) in [5.74, 6) is 1.77. The number of fused-ring (bicyclic) bond motifs is 19. The number of hydrogen-bond acceptors (Lipinski definition) is 2. The zero-order valence-corrected chi connectivity index (χ0v) is 34.9. The van der Waals surface area contributed by atoms with Crippen molar-refractivity contribution in [2.24, 2.45) is 0 Å². The van der Waals surface area contributed by atoms with Crippen LogP contribution in [0.15, 0.2) is 237 Å². The van der Waals surface area contributed by atoms with Crippen LogP contribution in [0.25, 0.3) is 44.5 Å². The van der Waals surface area contributed by atoms with Crippen molar-refractivity contribution in [3.63, 3.8) is 0 Å². The molecule has 0 saturated heterocycles. The van der Waals surface area contributed by atoms with E-state index in [1.54, 1.807) is 0 Å². The molecule has 1 aliphatic heterocycles. The lowest BCUT2D eigenvalue weighted by atomic mass is 9.65. The standard InChI is InChI=1S/C62H39NO/c1-3-17-40(18-4-1)41-31-36-60-58(37-41)62(55-29-15-16-30-59(55)64-60)54-28-14-10-24-48(54)50-35-33-44(39-57(50)62)63(42-19-5-2-6-20-42)43-32-34-49-47-23-9-13-27-53(47)61(56(49)38-43)51-25-11-7-21-45(51)46-22-8-12-26-52(46)61/h1-39H. The first-order valence-corrected chi connectivity index (χ1v) is 22.3. The van der Waals surface area contributed by atoms with Gasteiger partial charge in [0.05, 0.1) is 10.8 Å². The Morgan fingerprint density at radius 3 is 1.19 bits per heavy atom. The molecule has 14 rings (SSSR count). The maximum atomic E-state index is 6.86. The van der Waals surface area contributed by atoms with Gasteiger partial charge in [-0.2, -0.15) is 0 Å². The Kier molecular flexibility index (Phi) is 7.28. The summed E-state index contributed by atoms with van der Waals surface area (Å²) in [4.78, 5) is 2.47. The van der Waals surface area contributed by atoms with Crippen molar-refractivity contribution in [3.8, 4) is 56.0 Å². The number of hydrogen-bond donors (Lipinski definition) is 0. The molecule has 1 heterocycles. The Morgan fingerprint density at radius 2 is 0.656 bits per heavy atom. The second-order valence-electron chi connectivity index (χ2n) is 17.5. The van der Waals surface area contributed by atoms with Crippen molar-refractivity contribution in [2.45, 2.75) is 10.8 Å². The third kappa shape index (κ3) is 4.54. The second kappa shape index (κ2) is 13.2. The molecular formula is C62H39NO. The number of ether oxygens (including phenoxy) is 1. The molecule has 1 atom stereocenters. The summed E-state index contributed by atoms with van der Waals surface area (Å²) in [5.41, 5.74) is 22.4. The van der Waals surface area contributed by atoms with Crippen LogP contribution in [0.4, 0.5) is 17.1 Å². The summed E-state index contributed by atoms with van der Waals surface area (Å²) >= 11 is 0. The van der Waals surface area contributed by atoms with Crippen LogP contribution in [0.3, 0.4) is 0 Å². The van der Waals surface area contributed by atoms with Crippen LogP contribution in [0.1, 0.15) is 44.5 Å². The predicted octanol–water partition coefficient (Wildman–Crippen LogP) is 15.6. The quantitative estimate of drug-likeness (QED) is 0.175. The lowest BCUT2D eigenvalue weighted by molar-refractivity contribution is 0.436. The summed E-state index contributed by atoms with van der Waals surface area (Å²) in [5, 5.41) is 0. The van der Waals surface area contributed by atoms with Gasteiger partial charge in [-0.15, -0.1) is 0 Å². The molecule has 2 heteroatoms. The van der Waals surface area contributed by atoms with E-state index in [2.05, 4.69) is 241 Å². The Bertz CT molecular complexity index is 3490. The fourth-order valence-corrected chi connectivity index (χ4v) is 12.1. The number of benzene rings is 10. The van der Waals surface area contributed by atoms with Crippen molar-refractivity contribution in [1.82, 2.24) is 0 Å². The Morgan fingerprint density at radius 1 is 0.250 bits per heavy atom. The minimum atomic E-state index is -0.639. The van der Waals surface area contributed by atoms with E-state index in [1.165, 1.54) is 72.3 Å². The molecule has 10 aromatic carbocycles. The number of para-hydroxylation sites is 2. The molecular weight excluding hydrogens is 775 g/mol. The van der Waals surface area contributed by atoms with Crippen LogP contribution in [0.2, 0.25) is 0 Å². The van der Waals surface area contributed by atoms with Crippen molar-refractivity contribution in [3.05, 3.63) is 281 Å². The first-order valence-electron chi connectivity index (χ1n) is 22.3. The fraction of sp³-hybridized carbons (Fsp3) is 0.0323. The summed E-state index contributed by atoms with van der Waals surface area (Å²) in [6.45, 7) is 0. The number of anilines is 3. The van der Waals surface area contributed by atoms with Crippen molar-refractivity contribution in [2.75, 3.05) is 4.90 Å². The summed E-state index contributed by atoms with van der Waals surface area (Å²) in [7, 11) is 0. The summed E-state index contributed by atoms with van der Waals surface area (Å²) in [6, 6.07) is 87.5. The largest absolute Gasteiger partial charge is 0.457 e. The monoisotopic (exact) mass is 813 g/mol. The zero-order valence-electron chi connectivity index (χ0n) is 34.9. The molecule has 4 aliphatic rings. The molecule has 0 bridgehead atoms. The van der Waals surface area contributed by atoms with Gasteiger partial charge in [-0.25, -0.2) is 0 Å². The first-order chi connectivity index (χ1) is 31.7. The third-order valence-electron chi connectivity index (χ3n) is 14.5.